The molecule has 0 radical (unpaired) electrons. The standard InChI is InChI=1S/C15H22N2S/c1-13-7-12-18-15(16-13)8-10-17(11-9-15)14-5-3-2-4-6-14/h2-6,13,16H,7-12H2,1H3. The second-order valence-corrected chi connectivity index (χ2v) is 6.98. The van der Waals surface area contributed by atoms with Crippen molar-refractivity contribution in [3.05, 3.63) is 30.3 Å². The lowest BCUT2D eigenvalue weighted by atomic mass is 10.0. The monoisotopic (exact) mass is 262 g/mol. The molecule has 2 fully saturated rings. The van der Waals surface area contributed by atoms with E-state index in [1.165, 1.54) is 43.8 Å². The molecule has 1 aromatic rings. The van der Waals surface area contributed by atoms with Gasteiger partial charge in [0.15, 0.2) is 0 Å². The van der Waals surface area contributed by atoms with E-state index in [1.807, 2.05) is 0 Å². The van der Waals surface area contributed by atoms with E-state index < -0.39 is 0 Å². The second-order valence-electron chi connectivity index (χ2n) is 5.50. The summed E-state index contributed by atoms with van der Waals surface area (Å²) >= 11 is 2.15. The van der Waals surface area contributed by atoms with Crippen molar-refractivity contribution in [2.45, 2.75) is 37.1 Å². The van der Waals surface area contributed by atoms with Crippen LogP contribution < -0.4 is 10.2 Å². The molecule has 1 aromatic carbocycles. The Bertz CT molecular complexity index is 385. The molecule has 0 aliphatic carbocycles. The summed E-state index contributed by atoms with van der Waals surface area (Å²) in [6, 6.07) is 11.5. The number of hydrogen-bond acceptors (Lipinski definition) is 3. The normalized spacial score (nSPS) is 27.4. The number of piperidine rings is 1. The van der Waals surface area contributed by atoms with E-state index in [2.05, 4.69) is 59.2 Å². The van der Waals surface area contributed by atoms with E-state index in [0.717, 1.165) is 0 Å². The quantitative estimate of drug-likeness (QED) is 0.837. The first-order valence-corrected chi connectivity index (χ1v) is 7.98. The van der Waals surface area contributed by atoms with Crippen LogP contribution in [0, 0.1) is 0 Å². The van der Waals surface area contributed by atoms with Crippen LogP contribution in [0.5, 0.6) is 0 Å². The van der Waals surface area contributed by atoms with Crippen molar-refractivity contribution in [1.29, 1.82) is 0 Å². The van der Waals surface area contributed by atoms with E-state index >= 15 is 0 Å². The average Bonchev–Trinajstić information content (AvgIpc) is 2.40. The summed E-state index contributed by atoms with van der Waals surface area (Å²) in [5.41, 5.74) is 1.38. The third-order valence-electron chi connectivity index (χ3n) is 4.13. The molecule has 2 aliphatic heterocycles. The number of thioether (sulfide) groups is 1. The number of anilines is 1. The molecular weight excluding hydrogens is 240 g/mol. The van der Waals surface area contributed by atoms with Gasteiger partial charge in [-0.3, -0.25) is 0 Å². The molecule has 1 unspecified atom stereocenters. The van der Waals surface area contributed by atoms with E-state index in [9.17, 15) is 0 Å². The Morgan fingerprint density at radius 1 is 1.22 bits per heavy atom. The van der Waals surface area contributed by atoms with Gasteiger partial charge in [0.1, 0.15) is 0 Å². The maximum atomic E-state index is 3.84. The molecule has 2 aliphatic rings. The Labute approximate surface area is 114 Å². The van der Waals surface area contributed by atoms with Crippen molar-refractivity contribution in [2.24, 2.45) is 0 Å². The highest BCUT2D eigenvalue weighted by Gasteiger charge is 2.38. The van der Waals surface area contributed by atoms with Gasteiger partial charge >= 0.3 is 0 Å². The van der Waals surface area contributed by atoms with E-state index in [1.54, 1.807) is 0 Å². The number of benzene rings is 1. The first kappa shape index (κ1) is 12.4. The molecule has 0 amide bonds. The lowest BCUT2D eigenvalue weighted by molar-refractivity contribution is 0.326. The average molecular weight is 262 g/mol. The van der Waals surface area contributed by atoms with Gasteiger partial charge in [0.05, 0.1) is 4.87 Å². The van der Waals surface area contributed by atoms with Gasteiger partial charge in [-0.15, -0.1) is 11.8 Å². The van der Waals surface area contributed by atoms with Gasteiger partial charge in [-0.2, -0.15) is 0 Å². The zero-order valence-corrected chi connectivity index (χ0v) is 11.9. The molecule has 0 bridgehead atoms. The minimum Gasteiger partial charge on any atom is -0.371 e. The van der Waals surface area contributed by atoms with Crippen molar-refractivity contribution in [3.63, 3.8) is 0 Å². The van der Waals surface area contributed by atoms with E-state index in [-0.39, 0.29) is 0 Å². The lowest BCUT2D eigenvalue weighted by Gasteiger charge is -2.46. The van der Waals surface area contributed by atoms with Crippen LogP contribution in [0.25, 0.3) is 0 Å². The molecular formula is C15H22N2S. The van der Waals surface area contributed by atoms with Crippen LogP contribution >= 0.6 is 11.8 Å². The van der Waals surface area contributed by atoms with E-state index in [0.29, 0.717) is 10.9 Å². The van der Waals surface area contributed by atoms with Gasteiger partial charge in [-0.05, 0) is 44.1 Å². The van der Waals surface area contributed by atoms with Crippen molar-refractivity contribution in [1.82, 2.24) is 5.32 Å². The molecule has 18 heavy (non-hydrogen) atoms. The minimum absolute atomic E-state index is 0.364. The van der Waals surface area contributed by atoms with Crippen molar-refractivity contribution < 1.29 is 0 Å². The first-order valence-electron chi connectivity index (χ1n) is 6.99. The van der Waals surface area contributed by atoms with Gasteiger partial charge in [-0.1, -0.05) is 18.2 Å². The fourth-order valence-corrected chi connectivity index (χ4v) is 4.67. The summed E-state index contributed by atoms with van der Waals surface area (Å²) in [6.07, 6.45) is 3.84. The predicted octanol–water partition coefficient (Wildman–Crippen LogP) is 3.10. The van der Waals surface area contributed by atoms with Gasteiger partial charge in [0, 0.05) is 24.8 Å². The maximum absolute atomic E-state index is 3.84. The zero-order chi connectivity index (χ0) is 12.4. The molecule has 2 heterocycles. The van der Waals surface area contributed by atoms with Crippen LogP contribution in [-0.4, -0.2) is 29.8 Å². The first-order chi connectivity index (χ1) is 8.77. The fraction of sp³-hybridized carbons (Fsp3) is 0.600. The molecule has 3 rings (SSSR count). The summed E-state index contributed by atoms with van der Waals surface area (Å²) in [6.45, 7) is 4.68. The molecule has 3 heteroatoms. The summed E-state index contributed by atoms with van der Waals surface area (Å²) in [5.74, 6) is 1.32. The van der Waals surface area contributed by atoms with Gasteiger partial charge in [0.2, 0.25) is 0 Å². The topological polar surface area (TPSA) is 15.3 Å². The van der Waals surface area contributed by atoms with E-state index in [4.69, 9.17) is 0 Å². The highest BCUT2D eigenvalue weighted by atomic mass is 32.2. The molecule has 98 valence electrons. The van der Waals surface area contributed by atoms with Crippen molar-refractivity contribution >= 4 is 17.4 Å². The van der Waals surface area contributed by atoms with Crippen molar-refractivity contribution in [3.8, 4) is 0 Å². The smallest absolute Gasteiger partial charge is 0.0681 e. The number of para-hydroxylation sites is 1. The molecule has 0 aromatic heterocycles. The number of nitrogens with zero attached hydrogens (tertiary/aromatic N) is 1. The number of hydrogen-bond donors (Lipinski definition) is 1. The molecule has 1 atom stereocenters. The Hall–Kier alpha value is -0.670. The third-order valence-corrected chi connectivity index (χ3v) is 5.65. The van der Waals surface area contributed by atoms with Crippen LogP contribution in [0.2, 0.25) is 0 Å². The zero-order valence-electron chi connectivity index (χ0n) is 11.1. The number of rotatable bonds is 1. The second kappa shape index (κ2) is 5.14. The fourth-order valence-electron chi connectivity index (χ4n) is 3.05. The summed E-state index contributed by atoms with van der Waals surface area (Å²) < 4.78 is 0. The Balaban J connectivity index is 1.64. The van der Waals surface area contributed by atoms with Crippen LogP contribution in [0.3, 0.4) is 0 Å². The van der Waals surface area contributed by atoms with Crippen molar-refractivity contribution in [2.75, 3.05) is 23.7 Å². The Morgan fingerprint density at radius 2 is 1.94 bits per heavy atom. The largest absolute Gasteiger partial charge is 0.371 e. The van der Waals surface area contributed by atoms with Crippen LogP contribution in [0.15, 0.2) is 30.3 Å². The highest BCUT2D eigenvalue weighted by Crippen LogP contribution is 2.38. The summed E-state index contributed by atoms with van der Waals surface area (Å²) in [5, 5.41) is 3.84. The molecule has 2 saturated heterocycles. The molecule has 0 saturated carbocycles. The maximum Gasteiger partial charge on any atom is 0.0681 e. The minimum atomic E-state index is 0.364. The SMILES string of the molecule is CC1CCSC2(CCN(c3ccccc3)CC2)N1. The van der Waals surface area contributed by atoms with Gasteiger partial charge in [0.25, 0.3) is 0 Å². The highest BCUT2D eigenvalue weighted by molar-refractivity contribution is 8.00. The Kier molecular flexibility index (Phi) is 3.53. The van der Waals surface area contributed by atoms with Crippen LogP contribution in [0.1, 0.15) is 26.2 Å². The predicted molar refractivity (Wildman–Crippen MR) is 80.3 cm³/mol. The molecule has 2 nitrogen and oxygen atoms in total. The van der Waals surface area contributed by atoms with Crippen LogP contribution in [-0.2, 0) is 0 Å². The number of nitrogens with one attached hydrogen (secondary N) is 1. The Morgan fingerprint density at radius 3 is 2.61 bits per heavy atom. The van der Waals surface area contributed by atoms with Gasteiger partial charge in [-0.25, -0.2) is 0 Å². The molecule has 1 N–H and O–H groups in total. The lowest BCUT2D eigenvalue weighted by Crippen LogP contribution is -2.56. The summed E-state index contributed by atoms with van der Waals surface area (Å²) in [7, 11) is 0. The molecule has 1 spiro atoms. The van der Waals surface area contributed by atoms with Crippen LogP contribution in [0.4, 0.5) is 5.69 Å². The summed E-state index contributed by atoms with van der Waals surface area (Å²) in [4.78, 5) is 2.88. The van der Waals surface area contributed by atoms with Gasteiger partial charge < -0.3 is 10.2 Å². The third kappa shape index (κ3) is 2.52.